The Morgan fingerprint density at radius 1 is 0.917 bits per heavy atom. The second kappa shape index (κ2) is 7.32. The SMILES string of the molecule is N#CC(C#N)Sc1nnc(-c2ccccc2)n1Nc1ccccc1. The van der Waals surface area contributed by atoms with Crippen molar-refractivity contribution in [2.24, 2.45) is 0 Å². The van der Waals surface area contributed by atoms with Crippen molar-refractivity contribution >= 4 is 17.4 Å². The van der Waals surface area contributed by atoms with Crippen molar-refractivity contribution in [3.63, 3.8) is 0 Å². The molecule has 0 bridgehead atoms. The summed E-state index contributed by atoms with van der Waals surface area (Å²) in [4.78, 5) is 0. The average Bonchev–Trinajstić information content (AvgIpc) is 3.03. The van der Waals surface area contributed by atoms with Crippen molar-refractivity contribution in [2.75, 3.05) is 5.43 Å². The van der Waals surface area contributed by atoms with Gasteiger partial charge in [0, 0.05) is 5.56 Å². The average molecular weight is 332 g/mol. The van der Waals surface area contributed by atoms with Gasteiger partial charge in [-0.25, -0.2) is 4.68 Å². The third-order valence-corrected chi connectivity index (χ3v) is 4.06. The van der Waals surface area contributed by atoms with E-state index in [0.717, 1.165) is 23.0 Å². The highest BCUT2D eigenvalue weighted by Crippen LogP contribution is 2.26. The molecule has 0 unspecified atom stereocenters. The van der Waals surface area contributed by atoms with Crippen LogP contribution in [0.5, 0.6) is 0 Å². The van der Waals surface area contributed by atoms with Crippen molar-refractivity contribution in [3.8, 4) is 23.5 Å². The lowest BCUT2D eigenvalue weighted by molar-refractivity contribution is 0.825. The van der Waals surface area contributed by atoms with E-state index in [9.17, 15) is 0 Å². The molecule has 0 aliphatic heterocycles. The Morgan fingerprint density at radius 3 is 2.17 bits per heavy atom. The fourth-order valence-corrected chi connectivity index (χ4v) is 2.69. The molecule has 0 fully saturated rings. The zero-order valence-corrected chi connectivity index (χ0v) is 13.3. The smallest absolute Gasteiger partial charge is 0.212 e. The topological polar surface area (TPSA) is 90.3 Å². The maximum absolute atomic E-state index is 9.02. The Hall–Kier alpha value is -3.29. The number of benzene rings is 2. The number of thioether (sulfide) groups is 1. The Bertz CT molecular complexity index is 878. The fourth-order valence-electron chi connectivity index (χ4n) is 2.05. The molecular weight excluding hydrogens is 320 g/mol. The summed E-state index contributed by atoms with van der Waals surface area (Å²) in [6.45, 7) is 0. The zero-order chi connectivity index (χ0) is 16.8. The first-order valence-electron chi connectivity index (χ1n) is 7.10. The normalized spacial score (nSPS) is 10.1. The van der Waals surface area contributed by atoms with Crippen LogP contribution in [0.25, 0.3) is 11.4 Å². The quantitative estimate of drug-likeness (QED) is 0.721. The minimum Gasteiger partial charge on any atom is -0.290 e. The summed E-state index contributed by atoms with van der Waals surface area (Å²) in [5, 5.41) is 26.0. The molecule has 3 rings (SSSR count). The van der Waals surface area contributed by atoms with Gasteiger partial charge in [0.25, 0.3) is 0 Å². The van der Waals surface area contributed by atoms with Gasteiger partial charge >= 0.3 is 0 Å². The highest BCUT2D eigenvalue weighted by atomic mass is 32.2. The van der Waals surface area contributed by atoms with Crippen LogP contribution in [-0.4, -0.2) is 20.1 Å². The van der Waals surface area contributed by atoms with E-state index in [1.807, 2.05) is 72.8 Å². The van der Waals surface area contributed by atoms with Crippen molar-refractivity contribution < 1.29 is 0 Å². The molecule has 0 amide bonds. The molecule has 24 heavy (non-hydrogen) atoms. The minimum absolute atomic E-state index is 0.450. The Morgan fingerprint density at radius 2 is 1.54 bits per heavy atom. The number of aromatic nitrogens is 3. The Kier molecular flexibility index (Phi) is 4.76. The zero-order valence-electron chi connectivity index (χ0n) is 12.5. The highest BCUT2D eigenvalue weighted by molar-refractivity contribution is 8.00. The van der Waals surface area contributed by atoms with E-state index in [1.54, 1.807) is 4.68 Å². The molecule has 2 aromatic carbocycles. The first-order chi connectivity index (χ1) is 11.8. The maximum Gasteiger partial charge on any atom is 0.212 e. The number of para-hydroxylation sites is 1. The van der Waals surface area contributed by atoms with Gasteiger partial charge < -0.3 is 0 Å². The van der Waals surface area contributed by atoms with Gasteiger partial charge in [0.05, 0.1) is 17.8 Å². The first-order valence-corrected chi connectivity index (χ1v) is 7.98. The third kappa shape index (κ3) is 3.37. The number of hydrogen-bond donors (Lipinski definition) is 1. The van der Waals surface area contributed by atoms with E-state index in [-0.39, 0.29) is 0 Å². The van der Waals surface area contributed by atoms with Gasteiger partial charge in [-0.3, -0.25) is 5.43 Å². The summed E-state index contributed by atoms with van der Waals surface area (Å²) in [5.41, 5.74) is 4.95. The third-order valence-electron chi connectivity index (χ3n) is 3.14. The molecule has 6 nitrogen and oxygen atoms in total. The number of anilines is 1. The van der Waals surface area contributed by atoms with Crippen LogP contribution in [0.1, 0.15) is 0 Å². The first kappa shape index (κ1) is 15.6. The largest absolute Gasteiger partial charge is 0.290 e. The fraction of sp³-hybridized carbons (Fsp3) is 0.0588. The lowest BCUT2D eigenvalue weighted by Gasteiger charge is -2.12. The lowest BCUT2D eigenvalue weighted by Crippen LogP contribution is -2.13. The van der Waals surface area contributed by atoms with E-state index in [2.05, 4.69) is 15.6 Å². The molecule has 0 saturated carbocycles. The molecule has 1 aromatic heterocycles. The van der Waals surface area contributed by atoms with Crippen LogP contribution in [0.3, 0.4) is 0 Å². The second-order valence-corrected chi connectivity index (χ2v) is 5.81. The van der Waals surface area contributed by atoms with E-state index in [0.29, 0.717) is 11.0 Å². The molecular formula is C17H12N6S. The molecule has 0 aliphatic rings. The van der Waals surface area contributed by atoms with Crippen LogP contribution in [0, 0.1) is 22.7 Å². The molecule has 0 radical (unpaired) electrons. The summed E-state index contributed by atoms with van der Waals surface area (Å²) in [6, 6.07) is 23.0. The van der Waals surface area contributed by atoms with Crippen LogP contribution < -0.4 is 5.43 Å². The number of nitriles is 2. The minimum atomic E-state index is -0.853. The summed E-state index contributed by atoms with van der Waals surface area (Å²) >= 11 is 1.05. The predicted octanol–water partition coefficient (Wildman–Crippen LogP) is 3.33. The van der Waals surface area contributed by atoms with E-state index in [4.69, 9.17) is 10.5 Å². The molecule has 3 aromatic rings. The number of nitrogens with one attached hydrogen (secondary N) is 1. The van der Waals surface area contributed by atoms with Crippen molar-refractivity contribution in [3.05, 3.63) is 60.7 Å². The Balaban J connectivity index is 2.02. The second-order valence-electron chi connectivity index (χ2n) is 4.74. The van der Waals surface area contributed by atoms with Gasteiger partial charge in [-0.2, -0.15) is 10.5 Å². The van der Waals surface area contributed by atoms with E-state index >= 15 is 0 Å². The maximum atomic E-state index is 9.02. The van der Waals surface area contributed by atoms with E-state index in [1.165, 1.54) is 0 Å². The van der Waals surface area contributed by atoms with Crippen LogP contribution >= 0.6 is 11.8 Å². The van der Waals surface area contributed by atoms with Gasteiger partial charge in [-0.05, 0) is 23.9 Å². The van der Waals surface area contributed by atoms with E-state index < -0.39 is 5.25 Å². The number of rotatable bonds is 5. The van der Waals surface area contributed by atoms with Crippen LogP contribution in [0.15, 0.2) is 65.8 Å². The number of nitrogens with zero attached hydrogens (tertiary/aromatic N) is 5. The lowest BCUT2D eigenvalue weighted by atomic mass is 10.2. The molecule has 7 heteroatoms. The van der Waals surface area contributed by atoms with Crippen LogP contribution in [-0.2, 0) is 0 Å². The standard InChI is InChI=1S/C17H12N6S/c18-11-15(12-19)24-17-21-20-16(13-7-3-1-4-8-13)23(17)22-14-9-5-2-6-10-14/h1-10,15,22H. The summed E-state index contributed by atoms with van der Waals surface area (Å²) in [7, 11) is 0. The summed E-state index contributed by atoms with van der Waals surface area (Å²) in [5.74, 6) is 0.608. The summed E-state index contributed by atoms with van der Waals surface area (Å²) < 4.78 is 1.69. The molecule has 0 atom stereocenters. The highest BCUT2D eigenvalue weighted by Gasteiger charge is 2.18. The molecule has 1 heterocycles. The molecule has 0 saturated heterocycles. The molecule has 0 spiro atoms. The van der Waals surface area contributed by atoms with Gasteiger partial charge in [0.15, 0.2) is 11.1 Å². The molecule has 116 valence electrons. The van der Waals surface area contributed by atoms with Crippen molar-refractivity contribution in [1.82, 2.24) is 14.9 Å². The van der Waals surface area contributed by atoms with Crippen molar-refractivity contribution in [1.29, 1.82) is 10.5 Å². The van der Waals surface area contributed by atoms with Crippen LogP contribution in [0.2, 0.25) is 0 Å². The van der Waals surface area contributed by atoms with Crippen LogP contribution in [0.4, 0.5) is 5.69 Å². The van der Waals surface area contributed by atoms with Gasteiger partial charge in [-0.1, -0.05) is 48.5 Å². The van der Waals surface area contributed by atoms with Crippen molar-refractivity contribution in [2.45, 2.75) is 10.4 Å². The molecule has 0 aliphatic carbocycles. The monoisotopic (exact) mass is 332 g/mol. The molecule has 1 N–H and O–H groups in total. The number of hydrogen-bond acceptors (Lipinski definition) is 6. The van der Waals surface area contributed by atoms with Gasteiger partial charge in [0.1, 0.15) is 0 Å². The Labute approximate surface area is 143 Å². The predicted molar refractivity (Wildman–Crippen MR) is 91.8 cm³/mol. The summed E-state index contributed by atoms with van der Waals surface area (Å²) in [6.07, 6.45) is 0. The van der Waals surface area contributed by atoms with Gasteiger partial charge in [0.2, 0.25) is 5.16 Å². The van der Waals surface area contributed by atoms with Gasteiger partial charge in [-0.15, -0.1) is 10.2 Å².